The second kappa shape index (κ2) is 8.89. The fourth-order valence-electron chi connectivity index (χ4n) is 3.85. The van der Waals surface area contributed by atoms with Crippen molar-refractivity contribution in [2.24, 2.45) is 5.73 Å². The molecule has 2 heterocycles. The molecule has 0 unspecified atom stereocenters. The number of nitrogens with zero attached hydrogens (tertiary/aromatic N) is 2. The zero-order valence-electron chi connectivity index (χ0n) is 18.6. The van der Waals surface area contributed by atoms with Gasteiger partial charge in [0.15, 0.2) is 0 Å². The lowest BCUT2D eigenvalue weighted by Crippen LogP contribution is -2.24. The Morgan fingerprint density at radius 1 is 1.27 bits per heavy atom. The van der Waals surface area contributed by atoms with Gasteiger partial charge in [0.1, 0.15) is 11.5 Å². The molecule has 8 heteroatoms. The predicted octanol–water partition coefficient (Wildman–Crippen LogP) is 3.36. The molecular formula is C22H33N5O2S. The Labute approximate surface area is 182 Å². The molecule has 0 fully saturated rings. The molecule has 2 amide bonds. The molecule has 0 saturated carbocycles. The Kier molecular flexibility index (Phi) is 6.67. The van der Waals surface area contributed by atoms with E-state index in [0.717, 1.165) is 42.5 Å². The molecule has 2 aromatic heterocycles. The SMILES string of the molecule is CC(C)NCc1cn(CC(=O)Nc2sc3c(c2C(N)=O)CCCC3)nc1C(C)(C)C. The van der Waals surface area contributed by atoms with E-state index >= 15 is 0 Å². The molecule has 0 radical (unpaired) electrons. The molecule has 2 aromatic rings. The summed E-state index contributed by atoms with van der Waals surface area (Å²) >= 11 is 1.48. The van der Waals surface area contributed by atoms with E-state index in [1.165, 1.54) is 16.2 Å². The van der Waals surface area contributed by atoms with Crippen molar-refractivity contribution in [3.63, 3.8) is 0 Å². The van der Waals surface area contributed by atoms with Crippen LogP contribution in [0.1, 0.15) is 79.5 Å². The van der Waals surface area contributed by atoms with Crippen molar-refractivity contribution in [1.82, 2.24) is 15.1 Å². The summed E-state index contributed by atoms with van der Waals surface area (Å²) in [6.45, 7) is 11.4. The van der Waals surface area contributed by atoms with Crippen LogP contribution in [-0.4, -0.2) is 27.6 Å². The lowest BCUT2D eigenvalue weighted by atomic mass is 9.89. The van der Waals surface area contributed by atoms with Crippen LogP contribution in [0.5, 0.6) is 0 Å². The zero-order chi connectivity index (χ0) is 22.1. The van der Waals surface area contributed by atoms with Gasteiger partial charge < -0.3 is 16.4 Å². The summed E-state index contributed by atoms with van der Waals surface area (Å²) in [5.41, 5.74) is 9.08. The largest absolute Gasteiger partial charge is 0.365 e. The first kappa shape index (κ1) is 22.5. The van der Waals surface area contributed by atoms with Crippen LogP contribution < -0.4 is 16.4 Å². The van der Waals surface area contributed by atoms with Crippen molar-refractivity contribution in [2.75, 3.05) is 5.32 Å². The minimum atomic E-state index is -0.471. The highest BCUT2D eigenvalue weighted by molar-refractivity contribution is 7.17. The third-order valence-electron chi connectivity index (χ3n) is 5.22. The van der Waals surface area contributed by atoms with E-state index in [9.17, 15) is 9.59 Å². The number of nitrogens with two attached hydrogens (primary N) is 1. The zero-order valence-corrected chi connectivity index (χ0v) is 19.4. The highest BCUT2D eigenvalue weighted by Gasteiger charge is 2.26. The van der Waals surface area contributed by atoms with Gasteiger partial charge in [0.05, 0.1) is 11.3 Å². The van der Waals surface area contributed by atoms with E-state index in [4.69, 9.17) is 10.8 Å². The van der Waals surface area contributed by atoms with Crippen LogP contribution in [-0.2, 0) is 36.1 Å². The van der Waals surface area contributed by atoms with Gasteiger partial charge in [0.2, 0.25) is 5.91 Å². The molecule has 4 N–H and O–H groups in total. The van der Waals surface area contributed by atoms with Crippen LogP contribution in [0.15, 0.2) is 6.20 Å². The van der Waals surface area contributed by atoms with Crippen molar-refractivity contribution >= 4 is 28.2 Å². The number of fused-ring (bicyclic) bond motifs is 1. The topological polar surface area (TPSA) is 102 Å². The molecule has 1 aliphatic rings. The molecule has 0 aromatic carbocycles. The van der Waals surface area contributed by atoms with E-state index < -0.39 is 5.91 Å². The minimum absolute atomic E-state index is 0.0888. The van der Waals surface area contributed by atoms with E-state index in [-0.39, 0.29) is 17.9 Å². The molecule has 1 aliphatic carbocycles. The number of hydrogen-bond acceptors (Lipinski definition) is 5. The Balaban J connectivity index is 1.78. The molecule has 164 valence electrons. The third-order valence-corrected chi connectivity index (χ3v) is 6.43. The molecule has 3 rings (SSSR count). The number of aromatic nitrogens is 2. The number of carbonyl (C=O) groups is 2. The van der Waals surface area contributed by atoms with Crippen LogP contribution in [0.2, 0.25) is 0 Å². The molecular weight excluding hydrogens is 398 g/mol. The molecule has 30 heavy (non-hydrogen) atoms. The summed E-state index contributed by atoms with van der Waals surface area (Å²) < 4.78 is 1.69. The quantitative estimate of drug-likeness (QED) is 0.625. The summed E-state index contributed by atoms with van der Waals surface area (Å²) in [4.78, 5) is 26.0. The number of hydrogen-bond donors (Lipinski definition) is 3. The highest BCUT2D eigenvalue weighted by atomic mass is 32.1. The highest BCUT2D eigenvalue weighted by Crippen LogP contribution is 2.37. The maximum Gasteiger partial charge on any atom is 0.251 e. The number of thiophene rings is 1. The normalized spacial score (nSPS) is 14.1. The Bertz CT molecular complexity index is 936. The Morgan fingerprint density at radius 2 is 1.97 bits per heavy atom. The number of rotatable bonds is 7. The lowest BCUT2D eigenvalue weighted by molar-refractivity contribution is -0.116. The van der Waals surface area contributed by atoms with Gasteiger partial charge in [-0.25, -0.2) is 0 Å². The summed E-state index contributed by atoms with van der Waals surface area (Å²) in [5.74, 6) is -0.678. The molecule has 0 atom stereocenters. The van der Waals surface area contributed by atoms with Gasteiger partial charge in [0, 0.05) is 34.6 Å². The number of nitrogens with one attached hydrogen (secondary N) is 2. The average molecular weight is 432 g/mol. The van der Waals surface area contributed by atoms with E-state index in [1.807, 2.05) is 6.20 Å². The van der Waals surface area contributed by atoms with Crippen molar-refractivity contribution in [2.45, 2.75) is 84.8 Å². The number of amides is 2. The van der Waals surface area contributed by atoms with Gasteiger partial charge in [-0.3, -0.25) is 14.3 Å². The lowest BCUT2D eigenvalue weighted by Gasteiger charge is -2.18. The molecule has 0 spiro atoms. The third kappa shape index (κ3) is 5.10. The van der Waals surface area contributed by atoms with Gasteiger partial charge in [-0.15, -0.1) is 11.3 Å². The number of carbonyl (C=O) groups excluding carboxylic acids is 2. The molecule has 0 bridgehead atoms. The van der Waals surface area contributed by atoms with Gasteiger partial charge in [-0.05, 0) is 31.2 Å². The van der Waals surface area contributed by atoms with E-state index in [0.29, 0.717) is 23.2 Å². The van der Waals surface area contributed by atoms with Crippen LogP contribution >= 0.6 is 11.3 Å². The number of primary amides is 1. The van der Waals surface area contributed by atoms with Crippen LogP contribution in [0.25, 0.3) is 0 Å². The first-order valence-corrected chi connectivity index (χ1v) is 11.4. The second-order valence-electron chi connectivity index (χ2n) is 9.31. The Morgan fingerprint density at radius 3 is 2.60 bits per heavy atom. The minimum Gasteiger partial charge on any atom is -0.365 e. The molecule has 0 saturated heterocycles. The van der Waals surface area contributed by atoms with E-state index in [1.54, 1.807) is 4.68 Å². The number of aryl methyl sites for hydroxylation is 1. The van der Waals surface area contributed by atoms with Crippen molar-refractivity contribution in [3.8, 4) is 0 Å². The maximum atomic E-state index is 12.8. The van der Waals surface area contributed by atoms with Gasteiger partial charge >= 0.3 is 0 Å². The van der Waals surface area contributed by atoms with Gasteiger partial charge in [-0.2, -0.15) is 5.10 Å². The van der Waals surface area contributed by atoms with Crippen molar-refractivity contribution in [3.05, 3.63) is 33.5 Å². The average Bonchev–Trinajstić information content (AvgIpc) is 3.20. The second-order valence-corrected chi connectivity index (χ2v) is 10.4. The monoisotopic (exact) mass is 431 g/mol. The summed E-state index contributed by atoms with van der Waals surface area (Å²) in [6.07, 6.45) is 5.88. The van der Waals surface area contributed by atoms with Gasteiger partial charge in [-0.1, -0.05) is 34.6 Å². The summed E-state index contributed by atoms with van der Waals surface area (Å²) in [5, 5.41) is 11.6. The molecule has 0 aliphatic heterocycles. The molecule has 7 nitrogen and oxygen atoms in total. The predicted molar refractivity (Wildman–Crippen MR) is 121 cm³/mol. The summed E-state index contributed by atoms with van der Waals surface area (Å²) in [6, 6.07) is 0.363. The van der Waals surface area contributed by atoms with E-state index in [2.05, 4.69) is 45.3 Å². The fraction of sp³-hybridized carbons (Fsp3) is 0.591. The first-order valence-electron chi connectivity index (χ1n) is 10.6. The van der Waals surface area contributed by atoms with Crippen molar-refractivity contribution < 1.29 is 9.59 Å². The summed E-state index contributed by atoms with van der Waals surface area (Å²) in [7, 11) is 0. The maximum absolute atomic E-state index is 12.8. The van der Waals surface area contributed by atoms with Crippen LogP contribution in [0, 0.1) is 0 Å². The standard InChI is InChI=1S/C22H33N5O2S/c1-13(2)24-10-14-11-27(26-19(14)22(3,4)5)12-17(28)25-21-18(20(23)29)15-8-6-7-9-16(15)30-21/h11,13,24H,6-10,12H2,1-5H3,(H2,23,29)(H,25,28). The smallest absolute Gasteiger partial charge is 0.251 e. The van der Waals surface area contributed by atoms with Crippen LogP contribution in [0.4, 0.5) is 5.00 Å². The fourth-order valence-corrected chi connectivity index (χ4v) is 5.16. The Hall–Kier alpha value is -2.19. The van der Waals surface area contributed by atoms with Gasteiger partial charge in [0.25, 0.3) is 5.91 Å². The number of anilines is 1. The van der Waals surface area contributed by atoms with Crippen molar-refractivity contribution in [1.29, 1.82) is 0 Å². The first-order chi connectivity index (χ1) is 14.1. The van der Waals surface area contributed by atoms with Crippen LogP contribution in [0.3, 0.4) is 0 Å².